The highest BCUT2D eigenvalue weighted by Crippen LogP contribution is 2.29. The van der Waals surface area contributed by atoms with Crippen molar-refractivity contribution in [1.29, 1.82) is 0 Å². The van der Waals surface area contributed by atoms with Gasteiger partial charge >= 0.3 is 0 Å². The molecule has 7 heteroatoms. The third-order valence-corrected chi connectivity index (χ3v) is 5.82. The Kier molecular flexibility index (Phi) is 6.44. The molecule has 3 heterocycles. The standard InChI is InChI=1S/C25H25F2N3O2/c1-16-3-8-21(23-9-6-19(26)12-28-23)22(11-16)25(31)30-14-18(5-4-17(30)2)15-32-24-10-7-20(27)13-29-24/h3,6-13,17-18H,4-5,14-15H2,1-2H3/t17-,18-/m1/s1. The SMILES string of the molecule is Cc1ccc(-c2ccc(F)cn2)c(C(=O)N2C[C@H](COc3ccc(F)cn3)CC[C@H]2C)c1. The van der Waals surface area contributed by atoms with Gasteiger partial charge in [0.05, 0.1) is 24.7 Å². The molecule has 1 fully saturated rings. The van der Waals surface area contributed by atoms with Crippen molar-refractivity contribution in [2.45, 2.75) is 32.7 Å². The molecular weight excluding hydrogens is 412 g/mol. The lowest BCUT2D eigenvalue weighted by Crippen LogP contribution is -2.47. The molecule has 0 unspecified atom stereocenters. The maximum Gasteiger partial charge on any atom is 0.254 e. The summed E-state index contributed by atoms with van der Waals surface area (Å²) >= 11 is 0. The molecule has 1 aliphatic heterocycles. The van der Waals surface area contributed by atoms with Crippen molar-refractivity contribution in [1.82, 2.24) is 14.9 Å². The first-order chi connectivity index (χ1) is 15.4. The summed E-state index contributed by atoms with van der Waals surface area (Å²) in [7, 11) is 0. The molecule has 1 aliphatic rings. The third-order valence-electron chi connectivity index (χ3n) is 5.82. The minimum Gasteiger partial charge on any atom is -0.477 e. The quantitative estimate of drug-likeness (QED) is 0.561. The summed E-state index contributed by atoms with van der Waals surface area (Å²) < 4.78 is 32.1. The van der Waals surface area contributed by atoms with Gasteiger partial charge in [-0.15, -0.1) is 0 Å². The molecule has 166 valence electrons. The van der Waals surface area contributed by atoms with Crippen molar-refractivity contribution < 1.29 is 18.3 Å². The topological polar surface area (TPSA) is 55.3 Å². The smallest absolute Gasteiger partial charge is 0.254 e. The average Bonchev–Trinajstić information content (AvgIpc) is 2.80. The number of amides is 1. The number of likely N-dealkylation sites (tertiary alicyclic amines) is 1. The van der Waals surface area contributed by atoms with Crippen LogP contribution in [0, 0.1) is 24.5 Å². The molecule has 32 heavy (non-hydrogen) atoms. The summed E-state index contributed by atoms with van der Waals surface area (Å²) in [4.78, 5) is 23.6. The predicted octanol–water partition coefficient (Wildman–Crippen LogP) is 5.05. The summed E-state index contributed by atoms with van der Waals surface area (Å²) in [6.07, 6.45) is 4.06. The number of rotatable bonds is 5. The van der Waals surface area contributed by atoms with Crippen LogP contribution in [-0.2, 0) is 0 Å². The second kappa shape index (κ2) is 9.42. The molecule has 0 saturated carbocycles. The average molecular weight is 437 g/mol. The predicted molar refractivity (Wildman–Crippen MR) is 117 cm³/mol. The van der Waals surface area contributed by atoms with Gasteiger partial charge in [-0.25, -0.2) is 13.8 Å². The zero-order valence-corrected chi connectivity index (χ0v) is 18.1. The molecule has 1 saturated heterocycles. The Morgan fingerprint density at radius 3 is 2.50 bits per heavy atom. The Morgan fingerprint density at radius 1 is 1.06 bits per heavy atom. The lowest BCUT2D eigenvalue weighted by molar-refractivity contribution is 0.0503. The molecule has 0 radical (unpaired) electrons. The van der Waals surface area contributed by atoms with Gasteiger partial charge in [-0.1, -0.05) is 17.7 Å². The number of aryl methyl sites for hydroxylation is 1. The van der Waals surface area contributed by atoms with Crippen LogP contribution in [0.4, 0.5) is 8.78 Å². The summed E-state index contributed by atoms with van der Waals surface area (Å²) in [5.74, 6) is -0.403. The van der Waals surface area contributed by atoms with E-state index in [-0.39, 0.29) is 17.9 Å². The molecular formula is C25H25F2N3O2. The van der Waals surface area contributed by atoms with E-state index in [1.54, 1.807) is 6.07 Å². The molecule has 4 rings (SSSR count). The molecule has 5 nitrogen and oxygen atoms in total. The second-order valence-electron chi connectivity index (χ2n) is 8.29. The molecule has 0 bridgehead atoms. The molecule has 1 amide bonds. The van der Waals surface area contributed by atoms with Crippen LogP contribution in [0.3, 0.4) is 0 Å². The van der Waals surface area contributed by atoms with Gasteiger partial charge in [0.15, 0.2) is 0 Å². The number of piperidine rings is 1. The van der Waals surface area contributed by atoms with Crippen molar-refractivity contribution in [3.63, 3.8) is 0 Å². The number of hydrogen-bond donors (Lipinski definition) is 0. The van der Waals surface area contributed by atoms with E-state index in [4.69, 9.17) is 4.74 Å². The molecule has 1 aromatic carbocycles. The van der Waals surface area contributed by atoms with Crippen LogP contribution >= 0.6 is 0 Å². The van der Waals surface area contributed by atoms with Gasteiger partial charge in [-0.2, -0.15) is 0 Å². The van der Waals surface area contributed by atoms with Crippen molar-refractivity contribution in [2.24, 2.45) is 5.92 Å². The number of hydrogen-bond acceptors (Lipinski definition) is 4. The Hall–Kier alpha value is -3.35. The lowest BCUT2D eigenvalue weighted by atomic mass is 9.92. The first-order valence-electron chi connectivity index (χ1n) is 10.7. The van der Waals surface area contributed by atoms with Crippen LogP contribution in [0.2, 0.25) is 0 Å². The van der Waals surface area contributed by atoms with Gasteiger partial charge in [-0.3, -0.25) is 9.78 Å². The van der Waals surface area contributed by atoms with Crippen molar-refractivity contribution in [2.75, 3.05) is 13.2 Å². The molecule has 0 spiro atoms. The van der Waals surface area contributed by atoms with Crippen LogP contribution in [0.25, 0.3) is 11.3 Å². The van der Waals surface area contributed by atoms with Crippen LogP contribution in [-0.4, -0.2) is 40.0 Å². The third kappa shape index (κ3) is 4.93. The van der Waals surface area contributed by atoms with E-state index >= 15 is 0 Å². The van der Waals surface area contributed by atoms with Gasteiger partial charge < -0.3 is 9.64 Å². The molecule has 0 N–H and O–H groups in total. The molecule has 3 aromatic rings. The highest BCUT2D eigenvalue weighted by molar-refractivity contribution is 6.01. The fourth-order valence-electron chi connectivity index (χ4n) is 4.00. The van der Waals surface area contributed by atoms with Gasteiger partial charge in [0, 0.05) is 35.7 Å². The van der Waals surface area contributed by atoms with Crippen LogP contribution in [0.5, 0.6) is 5.88 Å². The Bertz CT molecular complexity index is 1090. The fraction of sp³-hybridized carbons (Fsp3) is 0.320. The van der Waals surface area contributed by atoms with E-state index in [0.29, 0.717) is 35.9 Å². The summed E-state index contributed by atoms with van der Waals surface area (Å²) in [5.41, 5.74) is 2.76. The minimum atomic E-state index is -0.420. The number of carbonyl (C=O) groups is 1. The normalized spacial score (nSPS) is 18.4. The summed E-state index contributed by atoms with van der Waals surface area (Å²) in [6.45, 7) is 4.92. The number of aromatic nitrogens is 2. The summed E-state index contributed by atoms with van der Waals surface area (Å²) in [5, 5.41) is 0. The highest BCUT2D eigenvalue weighted by Gasteiger charge is 2.31. The zero-order valence-electron chi connectivity index (χ0n) is 18.1. The number of ether oxygens (including phenoxy) is 1. The van der Waals surface area contributed by atoms with Gasteiger partial charge in [0.2, 0.25) is 5.88 Å². The van der Waals surface area contributed by atoms with Gasteiger partial charge in [0.1, 0.15) is 11.6 Å². The van der Waals surface area contributed by atoms with E-state index in [1.165, 1.54) is 18.2 Å². The number of benzene rings is 1. The maximum atomic E-state index is 13.6. The van der Waals surface area contributed by atoms with Crippen molar-refractivity contribution >= 4 is 5.91 Å². The number of pyridine rings is 2. The van der Waals surface area contributed by atoms with E-state index in [2.05, 4.69) is 9.97 Å². The first-order valence-corrected chi connectivity index (χ1v) is 10.7. The van der Waals surface area contributed by atoms with Crippen LogP contribution in [0.15, 0.2) is 54.9 Å². The van der Waals surface area contributed by atoms with Crippen LogP contribution < -0.4 is 4.74 Å². The highest BCUT2D eigenvalue weighted by atomic mass is 19.1. The van der Waals surface area contributed by atoms with E-state index in [9.17, 15) is 13.6 Å². The van der Waals surface area contributed by atoms with E-state index < -0.39 is 11.6 Å². The van der Waals surface area contributed by atoms with Crippen molar-refractivity contribution in [3.8, 4) is 17.1 Å². The fourth-order valence-corrected chi connectivity index (χ4v) is 4.00. The van der Waals surface area contributed by atoms with Gasteiger partial charge in [0.25, 0.3) is 5.91 Å². The van der Waals surface area contributed by atoms with Gasteiger partial charge in [-0.05, 0) is 51.0 Å². The number of halogens is 2. The maximum absolute atomic E-state index is 13.6. The molecule has 2 atom stereocenters. The molecule has 0 aliphatic carbocycles. The minimum absolute atomic E-state index is 0.0769. The van der Waals surface area contributed by atoms with E-state index in [1.807, 2.05) is 36.9 Å². The zero-order chi connectivity index (χ0) is 22.7. The van der Waals surface area contributed by atoms with Crippen LogP contribution in [0.1, 0.15) is 35.7 Å². The lowest BCUT2D eigenvalue weighted by Gasteiger charge is -2.38. The number of carbonyl (C=O) groups excluding carboxylic acids is 1. The molecule has 2 aromatic heterocycles. The number of nitrogens with zero attached hydrogens (tertiary/aromatic N) is 3. The monoisotopic (exact) mass is 437 g/mol. The second-order valence-corrected chi connectivity index (χ2v) is 8.29. The largest absolute Gasteiger partial charge is 0.477 e. The van der Waals surface area contributed by atoms with Crippen molar-refractivity contribution in [3.05, 3.63) is 77.6 Å². The Balaban J connectivity index is 1.53. The summed E-state index contributed by atoms with van der Waals surface area (Å²) in [6, 6.07) is 11.5. The Morgan fingerprint density at radius 2 is 1.81 bits per heavy atom. The Labute approximate surface area is 186 Å². The van der Waals surface area contributed by atoms with E-state index in [0.717, 1.165) is 30.8 Å². The first kappa shape index (κ1) is 21.9.